The number of H-pyrrole nitrogens is 1. The number of ether oxygens (including phenoxy) is 1. The normalized spacial score (nSPS) is 29.6. The van der Waals surface area contributed by atoms with Crippen molar-refractivity contribution < 1.29 is 19.7 Å². The summed E-state index contributed by atoms with van der Waals surface area (Å²) in [5.74, 6) is 1.61. The van der Waals surface area contributed by atoms with Crippen molar-refractivity contribution in [3.8, 4) is 11.5 Å². The molecule has 3 heterocycles. The maximum absolute atomic E-state index is 13.0. The van der Waals surface area contributed by atoms with Gasteiger partial charge in [0.2, 0.25) is 5.91 Å². The fourth-order valence-electron chi connectivity index (χ4n) is 8.60. The molecule has 1 amide bonds. The molecule has 2 bridgehead atoms. The van der Waals surface area contributed by atoms with Gasteiger partial charge in [0.25, 0.3) is 0 Å². The lowest BCUT2D eigenvalue weighted by molar-refractivity contribution is -0.173. The van der Waals surface area contributed by atoms with E-state index in [0.717, 1.165) is 78.8 Å². The minimum absolute atomic E-state index is 0.0237. The first-order valence-corrected chi connectivity index (χ1v) is 15.3. The summed E-state index contributed by atoms with van der Waals surface area (Å²) in [6.45, 7) is 4.72. The molecule has 1 saturated carbocycles. The van der Waals surface area contributed by atoms with Crippen molar-refractivity contribution >= 4 is 16.8 Å². The van der Waals surface area contributed by atoms with Crippen LogP contribution >= 0.6 is 0 Å². The Kier molecular flexibility index (Phi) is 5.40. The molecule has 3 aliphatic carbocycles. The van der Waals surface area contributed by atoms with Crippen LogP contribution in [0.5, 0.6) is 11.5 Å². The van der Waals surface area contributed by atoms with Crippen LogP contribution in [0.3, 0.4) is 0 Å². The van der Waals surface area contributed by atoms with E-state index in [1.54, 1.807) is 6.07 Å². The summed E-state index contributed by atoms with van der Waals surface area (Å²) in [4.78, 5) is 18.4. The first-order valence-electron chi connectivity index (χ1n) is 15.3. The van der Waals surface area contributed by atoms with Crippen LogP contribution in [-0.4, -0.2) is 57.3 Å². The van der Waals surface area contributed by atoms with Crippen LogP contribution in [0, 0.1) is 5.92 Å². The minimum atomic E-state index is -0.984. The summed E-state index contributed by atoms with van der Waals surface area (Å²) in [5.41, 5.74) is 5.11. The lowest BCUT2D eigenvalue weighted by Gasteiger charge is -2.62. The number of nitrogens with one attached hydrogen (secondary N) is 2. The zero-order valence-corrected chi connectivity index (χ0v) is 23.3. The standard InChI is InChI=1S/C33H39N3O4/c1-2-3-4-27(38)34-13-11-19-7-9-24-22(15-19)23-17-33(39)26-16-21-8-10-25(37)30-28(21)32(33,31(40-30)29(23)35-24)12-14-36(26)18-20-5-6-20/h7-10,15,20,26,31,35,37,39H,2-6,11-14,16-18H2,1H3,(H,34,38)/t26?,31?,32-,33+/m0/s1. The van der Waals surface area contributed by atoms with Gasteiger partial charge in [-0.25, -0.2) is 0 Å². The monoisotopic (exact) mass is 541 g/mol. The highest BCUT2D eigenvalue weighted by Gasteiger charge is 2.72. The third-order valence-electron chi connectivity index (χ3n) is 10.7. The molecular weight excluding hydrogens is 502 g/mol. The Morgan fingerprint density at radius 1 is 1.25 bits per heavy atom. The van der Waals surface area contributed by atoms with Gasteiger partial charge >= 0.3 is 0 Å². The van der Waals surface area contributed by atoms with Gasteiger partial charge in [-0.1, -0.05) is 25.5 Å². The Morgan fingerprint density at radius 3 is 2.95 bits per heavy atom. The third-order valence-corrected chi connectivity index (χ3v) is 10.7. The molecule has 1 spiro atoms. The summed E-state index contributed by atoms with van der Waals surface area (Å²) in [6.07, 6.45) is 7.69. The van der Waals surface area contributed by atoms with Crippen LogP contribution in [0.1, 0.15) is 79.5 Å². The van der Waals surface area contributed by atoms with E-state index in [4.69, 9.17) is 4.74 Å². The van der Waals surface area contributed by atoms with E-state index in [2.05, 4.69) is 46.4 Å². The number of rotatable bonds is 8. The van der Waals surface area contributed by atoms with Gasteiger partial charge < -0.3 is 25.3 Å². The molecule has 4 N–H and O–H groups in total. The molecule has 3 aromatic rings. The number of likely N-dealkylation sites (tertiary alicyclic amines) is 1. The number of hydrogen-bond acceptors (Lipinski definition) is 5. The van der Waals surface area contributed by atoms with Crippen LogP contribution in [0.4, 0.5) is 0 Å². The maximum Gasteiger partial charge on any atom is 0.220 e. The van der Waals surface area contributed by atoms with Crippen molar-refractivity contribution in [1.29, 1.82) is 0 Å². The van der Waals surface area contributed by atoms with Crippen LogP contribution in [0.25, 0.3) is 10.9 Å². The quantitative estimate of drug-likeness (QED) is 0.339. The number of carbonyl (C=O) groups is 1. The van der Waals surface area contributed by atoms with Gasteiger partial charge in [-0.05, 0) is 85.9 Å². The second kappa shape index (κ2) is 8.73. The van der Waals surface area contributed by atoms with E-state index in [9.17, 15) is 15.0 Å². The van der Waals surface area contributed by atoms with Crippen molar-refractivity contribution in [2.45, 2.75) is 87.9 Å². The predicted molar refractivity (Wildman–Crippen MR) is 153 cm³/mol. The van der Waals surface area contributed by atoms with Crippen molar-refractivity contribution in [2.24, 2.45) is 5.92 Å². The lowest BCUT2D eigenvalue weighted by atomic mass is 9.49. The number of unbranched alkanes of at least 4 members (excludes halogenated alkanes) is 1. The number of aromatic hydroxyl groups is 1. The number of amides is 1. The van der Waals surface area contributed by atoms with Gasteiger partial charge in [0.1, 0.15) is 0 Å². The van der Waals surface area contributed by atoms with E-state index in [1.165, 1.54) is 24.0 Å². The Bertz CT molecular complexity index is 1530. The van der Waals surface area contributed by atoms with E-state index in [0.29, 0.717) is 25.1 Å². The molecule has 40 heavy (non-hydrogen) atoms. The van der Waals surface area contributed by atoms with Gasteiger partial charge in [-0.15, -0.1) is 0 Å². The topological polar surface area (TPSA) is 97.8 Å². The van der Waals surface area contributed by atoms with Crippen molar-refractivity contribution in [3.63, 3.8) is 0 Å². The Morgan fingerprint density at radius 2 is 2.12 bits per heavy atom. The van der Waals surface area contributed by atoms with Gasteiger partial charge in [0.05, 0.1) is 16.7 Å². The zero-order valence-electron chi connectivity index (χ0n) is 23.3. The molecular formula is C33H39N3O4. The largest absolute Gasteiger partial charge is 0.504 e. The van der Waals surface area contributed by atoms with Gasteiger partial charge in [-0.2, -0.15) is 0 Å². The van der Waals surface area contributed by atoms with Crippen molar-refractivity contribution in [1.82, 2.24) is 15.2 Å². The first kappa shape index (κ1) is 24.7. The molecule has 2 aromatic carbocycles. The number of hydrogen-bond donors (Lipinski definition) is 4. The number of phenolic OH excluding ortho intramolecular Hbond substituents is 1. The Hall–Kier alpha value is -3.03. The number of carbonyl (C=O) groups excluding carboxylic acids is 1. The zero-order chi connectivity index (χ0) is 27.2. The van der Waals surface area contributed by atoms with Gasteiger partial charge in [-0.3, -0.25) is 9.69 Å². The van der Waals surface area contributed by atoms with E-state index >= 15 is 0 Å². The molecule has 1 saturated heterocycles. The summed E-state index contributed by atoms with van der Waals surface area (Å²) in [7, 11) is 0. The summed E-state index contributed by atoms with van der Waals surface area (Å²) >= 11 is 0. The fourth-order valence-corrected chi connectivity index (χ4v) is 8.60. The molecule has 5 aliphatic rings. The highest BCUT2D eigenvalue weighted by Crippen LogP contribution is 2.69. The molecule has 7 nitrogen and oxygen atoms in total. The molecule has 2 fully saturated rings. The average Bonchev–Trinajstić information content (AvgIpc) is 3.59. The number of piperidine rings is 1. The smallest absolute Gasteiger partial charge is 0.220 e. The Balaban J connectivity index is 1.19. The first-order chi connectivity index (χ1) is 19.4. The van der Waals surface area contributed by atoms with Crippen molar-refractivity contribution in [3.05, 3.63) is 58.3 Å². The van der Waals surface area contributed by atoms with Crippen LogP contribution in [-0.2, 0) is 29.5 Å². The number of benzene rings is 2. The van der Waals surface area contributed by atoms with Crippen LogP contribution < -0.4 is 10.1 Å². The Labute approximate surface area is 234 Å². The van der Waals surface area contributed by atoms with Crippen LogP contribution in [0.15, 0.2) is 30.3 Å². The maximum atomic E-state index is 13.0. The number of phenols is 1. The number of aromatic nitrogens is 1. The molecule has 0 radical (unpaired) electrons. The number of fused-ring (bicyclic) bond motifs is 4. The summed E-state index contributed by atoms with van der Waals surface area (Å²) in [5, 5.41) is 28.1. The van der Waals surface area contributed by atoms with Crippen molar-refractivity contribution in [2.75, 3.05) is 19.6 Å². The summed E-state index contributed by atoms with van der Waals surface area (Å²) in [6, 6.07) is 10.3. The molecule has 4 atom stereocenters. The molecule has 7 heteroatoms. The van der Waals surface area contributed by atoms with E-state index in [-0.39, 0.29) is 23.8 Å². The van der Waals surface area contributed by atoms with Crippen LogP contribution in [0.2, 0.25) is 0 Å². The second-order valence-corrected chi connectivity index (χ2v) is 13.0. The number of aliphatic hydroxyl groups is 1. The number of nitrogens with zero attached hydrogens (tertiary/aromatic N) is 1. The number of aromatic amines is 1. The highest BCUT2D eigenvalue weighted by molar-refractivity contribution is 5.87. The minimum Gasteiger partial charge on any atom is -0.504 e. The molecule has 2 unspecified atom stereocenters. The molecule has 2 aliphatic heterocycles. The van der Waals surface area contributed by atoms with Gasteiger partial charge in [0.15, 0.2) is 17.6 Å². The highest BCUT2D eigenvalue weighted by atomic mass is 16.5. The fraction of sp³-hybridized carbons (Fsp3) is 0.545. The van der Waals surface area contributed by atoms with E-state index in [1.807, 2.05) is 0 Å². The van der Waals surface area contributed by atoms with Gasteiger partial charge in [0, 0.05) is 48.4 Å². The third kappa shape index (κ3) is 3.34. The SMILES string of the molecule is CCCCC(=O)NCCc1ccc2[nH]c3c(c2c1)C[C@@]1(O)C2Cc4ccc(O)c5c4[C@@]1(CCN2CC1CC1)C3O5. The average molecular weight is 542 g/mol. The molecule has 1 aromatic heterocycles. The molecule has 8 rings (SSSR count). The summed E-state index contributed by atoms with van der Waals surface area (Å²) < 4.78 is 6.71. The lowest BCUT2D eigenvalue weighted by Crippen LogP contribution is -2.74. The van der Waals surface area contributed by atoms with E-state index < -0.39 is 11.0 Å². The predicted octanol–water partition coefficient (Wildman–Crippen LogP) is 4.42. The second-order valence-electron chi connectivity index (χ2n) is 13.0. The molecule has 210 valence electrons.